The molecule has 0 radical (unpaired) electrons. The van der Waals surface area contributed by atoms with Gasteiger partial charge in [0.25, 0.3) is 0 Å². The Morgan fingerprint density at radius 3 is 1.45 bits per heavy atom. The maximum Gasteiger partial charge on any atom is 0.135 e. The molecule has 0 fully saturated rings. The van der Waals surface area contributed by atoms with Crippen molar-refractivity contribution in [2.24, 2.45) is 0 Å². The zero-order valence-corrected chi connectivity index (χ0v) is 30.9. The van der Waals surface area contributed by atoms with Gasteiger partial charge in [0.2, 0.25) is 0 Å². The molecular formula is C53H39NO. The maximum atomic E-state index is 6.11. The summed E-state index contributed by atoms with van der Waals surface area (Å²) in [4.78, 5) is 2.35. The Morgan fingerprint density at radius 2 is 0.836 bits per heavy atom. The van der Waals surface area contributed by atoms with E-state index >= 15 is 0 Å². The summed E-state index contributed by atoms with van der Waals surface area (Å²) in [6, 6.07) is 69.8. The molecule has 10 rings (SSSR count). The second-order valence-corrected chi connectivity index (χ2v) is 15.0. The number of hydrogen-bond donors (Lipinski definition) is 0. The molecule has 0 saturated heterocycles. The maximum absolute atomic E-state index is 6.11. The number of hydrogen-bond acceptors (Lipinski definition) is 2. The Hall–Kier alpha value is -6.90. The fourth-order valence-corrected chi connectivity index (χ4v) is 8.35. The van der Waals surface area contributed by atoms with Crippen molar-refractivity contribution in [2.75, 3.05) is 4.90 Å². The van der Waals surface area contributed by atoms with Crippen molar-refractivity contribution in [3.8, 4) is 33.4 Å². The number of nitrogens with zero attached hydrogens (tertiary/aromatic N) is 1. The minimum Gasteiger partial charge on any atom is -0.456 e. The molecule has 0 amide bonds. The van der Waals surface area contributed by atoms with E-state index in [1.165, 1.54) is 44.5 Å². The number of rotatable bonds is 7. The highest BCUT2D eigenvalue weighted by Gasteiger charge is 2.33. The van der Waals surface area contributed by atoms with Gasteiger partial charge in [-0.05, 0) is 116 Å². The van der Waals surface area contributed by atoms with E-state index in [9.17, 15) is 0 Å². The highest BCUT2D eigenvalue weighted by Crippen LogP contribution is 2.47. The number of fused-ring (bicyclic) bond motifs is 4. The van der Waals surface area contributed by atoms with E-state index in [1.54, 1.807) is 0 Å². The Labute approximate surface area is 322 Å². The molecular weight excluding hydrogens is 667 g/mol. The van der Waals surface area contributed by atoms with Crippen molar-refractivity contribution in [3.63, 3.8) is 0 Å². The van der Waals surface area contributed by atoms with Crippen molar-refractivity contribution < 1.29 is 4.42 Å². The molecule has 1 heterocycles. The van der Waals surface area contributed by atoms with Crippen molar-refractivity contribution in [1.29, 1.82) is 0 Å². The second kappa shape index (κ2) is 13.2. The van der Waals surface area contributed by atoms with E-state index in [0.29, 0.717) is 0 Å². The van der Waals surface area contributed by atoms with Gasteiger partial charge < -0.3 is 9.32 Å². The molecule has 0 bridgehead atoms. The molecule has 55 heavy (non-hydrogen) atoms. The van der Waals surface area contributed by atoms with E-state index in [2.05, 4.69) is 207 Å². The van der Waals surface area contributed by atoms with E-state index in [4.69, 9.17) is 4.42 Å². The van der Waals surface area contributed by atoms with Gasteiger partial charge in [-0.1, -0.05) is 153 Å². The minimum absolute atomic E-state index is 0.0610. The Morgan fingerprint density at radius 1 is 0.382 bits per heavy atom. The van der Waals surface area contributed by atoms with E-state index < -0.39 is 0 Å². The number of allylic oxidation sites excluding steroid dienone is 1. The van der Waals surface area contributed by atoms with Gasteiger partial charge >= 0.3 is 0 Å². The molecule has 1 aromatic heterocycles. The number of para-hydroxylation sites is 1. The molecule has 0 spiro atoms. The largest absolute Gasteiger partial charge is 0.456 e. The fourth-order valence-electron chi connectivity index (χ4n) is 8.35. The van der Waals surface area contributed by atoms with Gasteiger partial charge in [-0.15, -0.1) is 0 Å². The summed E-state index contributed by atoms with van der Waals surface area (Å²) < 4.78 is 6.11. The van der Waals surface area contributed by atoms with Crippen LogP contribution in [0.3, 0.4) is 0 Å². The van der Waals surface area contributed by atoms with Crippen LogP contribution >= 0.6 is 0 Å². The third kappa shape index (κ3) is 5.84. The van der Waals surface area contributed by atoms with Crippen LogP contribution in [0, 0.1) is 0 Å². The van der Waals surface area contributed by atoms with Crippen LogP contribution in [-0.2, 0) is 5.41 Å². The van der Waals surface area contributed by atoms with Crippen LogP contribution < -0.4 is 4.90 Å². The molecule has 1 aliphatic rings. The van der Waals surface area contributed by atoms with Gasteiger partial charge in [-0.25, -0.2) is 0 Å². The topological polar surface area (TPSA) is 16.4 Å². The molecule has 9 aromatic rings. The van der Waals surface area contributed by atoms with Gasteiger partial charge in [-0.2, -0.15) is 0 Å². The molecule has 2 nitrogen and oxygen atoms in total. The summed E-state index contributed by atoms with van der Waals surface area (Å²) in [5.74, 6) is 0. The quantitative estimate of drug-likeness (QED) is 0.164. The van der Waals surface area contributed by atoms with Crippen LogP contribution in [0.1, 0.15) is 30.5 Å². The second-order valence-electron chi connectivity index (χ2n) is 15.0. The fraction of sp³-hybridized carbons (Fsp3) is 0.0566. The molecule has 0 N–H and O–H groups in total. The van der Waals surface area contributed by atoms with Crippen molar-refractivity contribution in [3.05, 3.63) is 211 Å². The third-order valence-electron chi connectivity index (χ3n) is 11.3. The summed E-state index contributed by atoms with van der Waals surface area (Å²) in [6.07, 6.45) is 2.36. The zero-order valence-electron chi connectivity index (χ0n) is 30.9. The average Bonchev–Trinajstić information content (AvgIpc) is 3.75. The summed E-state index contributed by atoms with van der Waals surface area (Å²) in [5, 5.41) is 2.28. The van der Waals surface area contributed by atoms with E-state index in [-0.39, 0.29) is 5.41 Å². The lowest BCUT2D eigenvalue weighted by atomic mass is 9.78. The van der Waals surface area contributed by atoms with E-state index in [0.717, 1.165) is 50.1 Å². The first-order valence-electron chi connectivity index (χ1n) is 19.0. The highest BCUT2D eigenvalue weighted by molar-refractivity contribution is 6.06. The highest BCUT2D eigenvalue weighted by atomic mass is 16.3. The predicted octanol–water partition coefficient (Wildman–Crippen LogP) is 14.9. The Balaban J connectivity index is 1.00. The van der Waals surface area contributed by atoms with Crippen LogP contribution in [0.25, 0.3) is 67.0 Å². The zero-order chi connectivity index (χ0) is 36.9. The molecule has 0 unspecified atom stereocenters. The van der Waals surface area contributed by atoms with Gasteiger partial charge in [0.1, 0.15) is 11.2 Å². The lowest BCUT2D eigenvalue weighted by Gasteiger charge is -2.28. The summed E-state index contributed by atoms with van der Waals surface area (Å²) in [5.41, 5.74) is 17.5. The molecule has 8 aromatic carbocycles. The van der Waals surface area contributed by atoms with Gasteiger partial charge in [-0.3, -0.25) is 0 Å². The van der Waals surface area contributed by atoms with Crippen molar-refractivity contribution in [1.82, 2.24) is 0 Å². The predicted molar refractivity (Wildman–Crippen MR) is 232 cm³/mol. The lowest BCUT2D eigenvalue weighted by Crippen LogP contribution is -2.16. The summed E-state index contributed by atoms with van der Waals surface area (Å²) in [6.45, 7) is 4.66. The number of furan rings is 1. The van der Waals surface area contributed by atoms with Gasteiger partial charge in [0.15, 0.2) is 0 Å². The van der Waals surface area contributed by atoms with Crippen LogP contribution in [0.2, 0.25) is 0 Å². The van der Waals surface area contributed by atoms with Crippen LogP contribution in [0.15, 0.2) is 199 Å². The van der Waals surface area contributed by atoms with Crippen LogP contribution in [-0.4, -0.2) is 0 Å². The van der Waals surface area contributed by atoms with Crippen LogP contribution in [0.5, 0.6) is 0 Å². The van der Waals surface area contributed by atoms with Crippen molar-refractivity contribution in [2.45, 2.75) is 19.3 Å². The number of anilines is 3. The third-order valence-corrected chi connectivity index (χ3v) is 11.3. The standard InChI is InChI=1S/C53H39NO/c1-53(2)49-14-8-6-12-43(49)35-50(53)41-24-31-46(32-25-41)54(44-27-20-39(21-28-44)38-18-16-37(17-19-38)36-10-4-3-5-11-36)45-29-22-40(23-30-45)42-26-33-52-48(34-42)47-13-7-9-15-51(47)55-52/h3-35H,1-2H3. The minimum atomic E-state index is -0.0610. The number of benzene rings is 8. The summed E-state index contributed by atoms with van der Waals surface area (Å²) >= 11 is 0. The van der Waals surface area contributed by atoms with Crippen LogP contribution in [0.4, 0.5) is 17.1 Å². The first-order valence-corrected chi connectivity index (χ1v) is 19.0. The Kier molecular flexibility index (Phi) is 7.85. The molecule has 0 aliphatic heterocycles. The smallest absolute Gasteiger partial charge is 0.135 e. The molecule has 0 saturated carbocycles. The first-order chi connectivity index (χ1) is 27.0. The first kappa shape index (κ1) is 32.7. The van der Waals surface area contributed by atoms with Crippen molar-refractivity contribution >= 4 is 50.6 Å². The molecule has 2 heteroatoms. The van der Waals surface area contributed by atoms with Gasteiger partial charge in [0.05, 0.1) is 0 Å². The van der Waals surface area contributed by atoms with Gasteiger partial charge in [0, 0.05) is 33.2 Å². The normalized spacial score (nSPS) is 13.2. The monoisotopic (exact) mass is 705 g/mol. The molecule has 262 valence electrons. The molecule has 1 aliphatic carbocycles. The lowest BCUT2D eigenvalue weighted by molar-refractivity contribution is 0.669. The van der Waals surface area contributed by atoms with E-state index in [1.807, 2.05) is 12.1 Å². The summed E-state index contributed by atoms with van der Waals surface area (Å²) in [7, 11) is 0. The Bertz CT molecular complexity index is 2840. The average molecular weight is 706 g/mol. The molecule has 0 atom stereocenters. The SMILES string of the molecule is CC1(C)C(c2ccc(N(c3ccc(-c4ccc(-c5ccccc5)cc4)cc3)c3ccc(-c4ccc5oc6ccccc6c5c4)cc3)cc2)=Cc2ccccc21.